The second-order valence-corrected chi connectivity index (χ2v) is 6.81. The van der Waals surface area contributed by atoms with E-state index in [2.05, 4.69) is 15.7 Å². The summed E-state index contributed by atoms with van der Waals surface area (Å²) in [4.78, 5) is 23.6. The van der Waals surface area contributed by atoms with Gasteiger partial charge in [-0.25, -0.2) is 4.68 Å². The molecule has 7 heteroatoms. The van der Waals surface area contributed by atoms with E-state index in [1.165, 1.54) is 11.8 Å². The Morgan fingerprint density at radius 1 is 1.03 bits per heavy atom. The van der Waals surface area contributed by atoms with E-state index in [-0.39, 0.29) is 17.6 Å². The number of nitrogens with zero attached hydrogens (tertiary/aromatic N) is 2. The Balaban J connectivity index is 1.31. The van der Waals surface area contributed by atoms with Gasteiger partial charge in [0, 0.05) is 25.7 Å². The number of hydrogen-bond acceptors (Lipinski definition) is 4. The molecule has 3 rings (SSSR count). The number of carbonyl (C=O) groups is 2. The van der Waals surface area contributed by atoms with Crippen LogP contribution in [0.25, 0.3) is 5.69 Å². The summed E-state index contributed by atoms with van der Waals surface area (Å²) in [5.74, 6) is 0.0103. The van der Waals surface area contributed by atoms with Gasteiger partial charge in [0.2, 0.25) is 5.91 Å². The summed E-state index contributed by atoms with van der Waals surface area (Å²) < 4.78 is 6.90. The molecule has 1 aromatic carbocycles. The van der Waals surface area contributed by atoms with Gasteiger partial charge in [0.25, 0.3) is 5.91 Å². The number of hydrogen-bond donors (Lipinski definition) is 2. The van der Waals surface area contributed by atoms with E-state index in [1.54, 1.807) is 12.1 Å². The molecule has 0 unspecified atom stereocenters. The SMILES string of the molecule is Cc1nn(-c2ccccc2)cc1CCCNC(=O)CCCNC(=O)c1ccco1. The zero-order valence-electron chi connectivity index (χ0n) is 16.6. The van der Waals surface area contributed by atoms with Crippen molar-refractivity contribution >= 4 is 11.8 Å². The minimum atomic E-state index is -0.262. The van der Waals surface area contributed by atoms with Gasteiger partial charge in [0.1, 0.15) is 0 Å². The van der Waals surface area contributed by atoms with Crippen molar-refractivity contribution in [1.82, 2.24) is 20.4 Å². The maximum Gasteiger partial charge on any atom is 0.286 e. The highest BCUT2D eigenvalue weighted by atomic mass is 16.3. The molecule has 0 spiro atoms. The normalized spacial score (nSPS) is 10.7. The fourth-order valence-electron chi connectivity index (χ4n) is 2.99. The van der Waals surface area contributed by atoms with E-state index in [0.29, 0.717) is 25.9 Å². The van der Waals surface area contributed by atoms with Gasteiger partial charge in [-0.2, -0.15) is 5.10 Å². The summed E-state index contributed by atoms with van der Waals surface area (Å²) in [6, 6.07) is 13.3. The molecule has 0 aliphatic rings. The maximum atomic E-state index is 11.9. The average Bonchev–Trinajstić information content (AvgIpc) is 3.39. The summed E-state index contributed by atoms with van der Waals surface area (Å²) in [5, 5.41) is 10.2. The number of para-hydroxylation sites is 1. The highest BCUT2D eigenvalue weighted by Crippen LogP contribution is 2.13. The Morgan fingerprint density at radius 2 is 1.83 bits per heavy atom. The maximum absolute atomic E-state index is 11.9. The van der Waals surface area contributed by atoms with Crippen LogP contribution in [-0.2, 0) is 11.2 Å². The van der Waals surface area contributed by atoms with Gasteiger partial charge < -0.3 is 15.1 Å². The number of aromatic nitrogens is 2. The fraction of sp³-hybridized carbons (Fsp3) is 0.318. The molecular weight excluding hydrogens is 368 g/mol. The minimum Gasteiger partial charge on any atom is -0.459 e. The van der Waals surface area contributed by atoms with Gasteiger partial charge in [-0.05, 0) is 56.0 Å². The van der Waals surface area contributed by atoms with Crippen LogP contribution in [-0.4, -0.2) is 34.7 Å². The van der Waals surface area contributed by atoms with Crippen molar-refractivity contribution in [2.45, 2.75) is 32.6 Å². The monoisotopic (exact) mass is 394 g/mol. The van der Waals surface area contributed by atoms with E-state index in [4.69, 9.17) is 4.42 Å². The van der Waals surface area contributed by atoms with E-state index in [0.717, 1.165) is 24.2 Å². The molecule has 2 N–H and O–H groups in total. The molecule has 7 nitrogen and oxygen atoms in total. The van der Waals surface area contributed by atoms with Gasteiger partial charge in [0.15, 0.2) is 5.76 Å². The summed E-state index contributed by atoms with van der Waals surface area (Å²) in [6.45, 7) is 3.06. The third-order valence-corrected chi connectivity index (χ3v) is 4.58. The third-order valence-electron chi connectivity index (χ3n) is 4.58. The lowest BCUT2D eigenvalue weighted by molar-refractivity contribution is -0.121. The molecule has 0 aliphatic heterocycles. The lowest BCUT2D eigenvalue weighted by Gasteiger charge is -2.06. The van der Waals surface area contributed by atoms with Crippen molar-refractivity contribution in [2.24, 2.45) is 0 Å². The predicted molar refractivity (Wildman–Crippen MR) is 110 cm³/mol. The van der Waals surface area contributed by atoms with Crippen LogP contribution in [0, 0.1) is 6.92 Å². The smallest absolute Gasteiger partial charge is 0.286 e. The van der Waals surface area contributed by atoms with E-state index < -0.39 is 0 Å². The summed E-state index contributed by atoms with van der Waals surface area (Å²) >= 11 is 0. The van der Waals surface area contributed by atoms with Gasteiger partial charge in [-0.15, -0.1) is 0 Å². The zero-order chi connectivity index (χ0) is 20.5. The van der Waals surface area contributed by atoms with Crippen molar-refractivity contribution in [3.63, 3.8) is 0 Å². The molecule has 0 saturated carbocycles. The largest absolute Gasteiger partial charge is 0.459 e. The molecule has 2 amide bonds. The third kappa shape index (κ3) is 6.07. The Bertz CT molecular complexity index is 917. The van der Waals surface area contributed by atoms with Crippen LogP contribution in [0.5, 0.6) is 0 Å². The summed E-state index contributed by atoms with van der Waals surface area (Å²) in [7, 11) is 0. The van der Waals surface area contributed by atoms with Crippen molar-refractivity contribution in [2.75, 3.05) is 13.1 Å². The molecule has 0 saturated heterocycles. The number of amides is 2. The van der Waals surface area contributed by atoms with Crippen LogP contribution in [0.3, 0.4) is 0 Å². The first-order chi connectivity index (χ1) is 14.1. The van der Waals surface area contributed by atoms with Gasteiger partial charge in [0.05, 0.1) is 17.6 Å². The summed E-state index contributed by atoms with van der Waals surface area (Å²) in [6.07, 6.45) is 6.18. The molecule has 3 aromatic rings. The van der Waals surface area contributed by atoms with Gasteiger partial charge >= 0.3 is 0 Å². The Labute approximate surface area is 170 Å². The van der Waals surface area contributed by atoms with Crippen LogP contribution in [0.1, 0.15) is 41.1 Å². The molecule has 0 fully saturated rings. The molecule has 2 aromatic heterocycles. The lowest BCUT2D eigenvalue weighted by Crippen LogP contribution is -2.28. The van der Waals surface area contributed by atoms with Crippen molar-refractivity contribution in [1.29, 1.82) is 0 Å². The van der Waals surface area contributed by atoms with Crippen LogP contribution in [0.4, 0.5) is 0 Å². The molecule has 0 aliphatic carbocycles. The van der Waals surface area contributed by atoms with Gasteiger partial charge in [-0.3, -0.25) is 9.59 Å². The predicted octanol–water partition coefficient (Wildman–Crippen LogP) is 3.03. The molecule has 29 heavy (non-hydrogen) atoms. The van der Waals surface area contributed by atoms with Gasteiger partial charge in [-0.1, -0.05) is 18.2 Å². The highest BCUT2D eigenvalue weighted by molar-refractivity contribution is 5.91. The standard InChI is InChI=1S/C22H26N4O3/c1-17-18(16-26(25-17)19-9-3-2-4-10-19)8-5-13-23-21(27)12-6-14-24-22(28)20-11-7-15-29-20/h2-4,7,9-11,15-16H,5-6,8,12-14H2,1H3,(H,23,27)(H,24,28). The van der Waals surface area contributed by atoms with Crippen molar-refractivity contribution in [3.05, 3.63) is 71.9 Å². The lowest BCUT2D eigenvalue weighted by atomic mass is 10.1. The molecule has 0 atom stereocenters. The first-order valence-corrected chi connectivity index (χ1v) is 9.82. The molecule has 152 valence electrons. The minimum absolute atomic E-state index is 0.00560. The number of carbonyl (C=O) groups excluding carboxylic acids is 2. The number of rotatable bonds is 10. The summed E-state index contributed by atoms with van der Waals surface area (Å²) in [5.41, 5.74) is 3.23. The topological polar surface area (TPSA) is 89.2 Å². The Hall–Kier alpha value is -3.35. The van der Waals surface area contributed by atoms with E-state index in [1.807, 2.05) is 48.1 Å². The first kappa shape index (κ1) is 20.4. The molecule has 0 radical (unpaired) electrons. The number of aryl methyl sites for hydroxylation is 2. The second-order valence-electron chi connectivity index (χ2n) is 6.81. The average molecular weight is 394 g/mol. The zero-order valence-corrected chi connectivity index (χ0v) is 16.6. The molecule has 0 bridgehead atoms. The van der Waals surface area contributed by atoms with Crippen LogP contribution in [0.15, 0.2) is 59.3 Å². The Kier molecular flexibility index (Phi) is 7.22. The molecule has 2 heterocycles. The Morgan fingerprint density at radius 3 is 2.59 bits per heavy atom. The van der Waals surface area contributed by atoms with Crippen LogP contribution in [0.2, 0.25) is 0 Å². The molecular formula is C22H26N4O3. The quantitative estimate of drug-likeness (QED) is 0.517. The fourth-order valence-corrected chi connectivity index (χ4v) is 2.99. The first-order valence-electron chi connectivity index (χ1n) is 9.82. The highest BCUT2D eigenvalue weighted by Gasteiger charge is 2.09. The van der Waals surface area contributed by atoms with Crippen LogP contribution >= 0.6 is 0 Å². The number of benzene rings is 1. The number of furan rings is 1. The van der Waals surface area contributed by atoms with Crippen molar-refractivity contribution < 1.29 is 14.0 Å². The van der Waals surface area contributed by atoms with Crippen LogP contribution < -0.4 is 10.6 Å². The number of nitrogens with one attached hydrogen (secondary N) is 2. The van der Waals surface area contributed by atoms with E-state index in [9.17, 15) is 9.59 Å². The van der Waals surface area contributed by atoms with E-state index >= 15 is 0 Å². The second kappa shape index (κ2) is 10.3. The van der Waals surface area contributed by atoms with Crippen molar-refractivity contribution in [3.8, 4) is 5.69 Å².